The Morgan fingerprint density at radius 2 is 1.81 bits per heavy atom. The highest BCUT2D eigenvalue weighted by Crippen LogP contribution is 2.17. The number of imide groups is 1. The zero-order chi connectivity index (χ0) is 15.6. The highest BCUT2D eigenvalue weighted by atomic mass is 19.4. The van der Waals surface area contributed by atoms with Gasteiger partial charge in [0, 0.05) is 26.2 Å². The van der Waals surface area contributed by atoms with Gasteiger partial charge in [0.05, 0.1) is 13.0 Å². The molecule has 1 atom stereocenters. The minimum Gasteiger partial charge on any atom is -0.340 e. The van der Waals surface area contributed by atoms with E-state index in [-0.39, 0.29) is 38.5 Å². The van der Waals surface area contributed by atoms with Gasteiger partial charge in [-0.3, -0.25) is 19.8 Å². The van der Waals surface area contributed by atoms with Crippen LogP contribution in [0.3, 0.4) is 0 Å². The minimum absolute atomic E-state index is 0.133. The highest BCUT2D eigenvalue weighted by molar-refractivity contribution is 6.05. The van der Waals surface area contributed by atoms with Gasteiger partial charge in [0.1, 0.15) is 6.04 Å². The Morgan fingerprint density at radius 3 is 2.29 bits per heavy atom. The van der Waals surface area contributed by atoms with E-state index in [1.165, 1.54) is 9.80 Å². The summed E-state index contributed by atoms with van der Waals surface area (Å²) in [6.07, 6.45) is -4.44. The summed E-state index contributed by atoms with van der Waals surface area (Å²) in [7, 11) is 0. The number of piperazine rings is 1. The number of alkyl halides is 3. The molecule has 0 radical (unpaired) electrons. The van der Waals surface area contributed by atoms with Gasteiger partial charge in [-0.15, -0.1) is 0 Å². The van der Waals surface area contributed by atoms with E-state index in [1.54, 1.807) is 0 Å². The van der Waals surface area contributed by atoms with Crippen molar-refractivity contribution in [1.82, 2.24) is 20.4 Å². The number of carbonyl (C=O) groups is 3. The molecule has 0 spiro atoms. The summed E-state index contributed by atoms with van der Waals surface area (Å²) in [6.45, 7) is -0.368. The fourth-order valence-electron chi connectivity index (χ4n) is 2.32. The maximum atomic E-state index is 12.2. The van der Waals surface area contributed by atoms with Crippen LogP contribution in [0, 0.1) is 0 Å². The van der Waals surface area contributed by atoms with Crippen molar-refractivity contribution in [2.45, 2.75) is 18.6 Å². The second-order valence-corrected chi connectivity index (χ2v) is 4.99. The van der Waals surface area contributed by atoms with Crippen LogP contribution in [-0.2, 0) is 9.59 Å². The quantitative estimate of drug-likeness (QED) is 0.675. The van der Waals surface area contributed by atoms with Gasteiger partial charge in [-0.1, -0.05) is 0 Å². The summed E-state index contributed by atoms with van der Waals surface area (Å²) >= 11 is 0. The normalized spacial score (nSPS) is 24.0. The second-order valence-electron chi connectivity index (χ2n) is 4.99. The van der Waals surface area contributed by atoms with E-state index in [0.29, 0.717) is 0 Å². The van der Waals surface area contributed by atoms with Crippen molar-refractivity contribution in [3.8, 4) is 0 Å². The molecule has 118 valence electrons. The molecule has 0 unspecified atom stereocenters. The average Bonchev–Trinajstić information content (AvgIpc) is 2.66. The number of rotatable bonds is 3. The fourth-order valence-corrected chi connectivity index (χ4v) is 2.32. The number of amides is 4. The second kappa shape index (κ2) is 5.88. The molecule has 2 fully saturated rings. The van der Waals surface area contributed by atoms with Crippen LogP contribution in [0.4, 0.5) is 18.0 Å². The van der Waals surface area contributed by atoms with E-state index in [9.17, 15) is 27.6 Å². The van der Waals surface area contributed by atoms with Gasteiger partial charge in [-0.25, -0.2) is 4.79 Å². The molecule has 2 aliphatic heterocycles. The predicted molar refractivity (Wildman–Crippen MR) is 64.2 cm³/mol. The van der Waals surface area contributed by atoms with E-state index in [1.807, 2.05) is 5.32 Å². The Labute approximate surface area is 118 Å². The number of hydrogen-bond acceptors (Lipinski definition) is 4. The van der Waals surface area contributed by atoms with Gasteiger partial charge in [0.25, 0.3) is 5.91 Å². The van der Waals surface area contributed by atoms with E-state index in [4.69, 9.17) is 0 Å². The molecule has 2 aliphatic rings. The van der Waals surface area contributed by atoms with Crippen molar-refractivity contribution >= 4 is 17.8 Å². The predicted octanol–water partition coefficient (Wildman–Crippen LogP) is -0.709. The SMILES string of the molecule is O=C1NC(=O)[C@@H](CC(=O)N2CCN(CC(F)(F)F)CC2)N1. The van der Waals surface area contributed by atoms with Gasteiger partial charge in [0.15, 0.2) is 0 Å². The first-order valence-corrected chi connectivity index (χ1v) is 6.43. The Morgan fingerprint density at radius 1 is 1.19 bits per heavy atom. The lowest BCUT2D eigenvalue weighted by Crippen LogP contribution is -2.51. The summed E-state index contributed by atoms with van der Waals surface area (Å²) in [5.41, 5.74) is 0. The number of urea groups is 1. The number of nitrogens with zero attached hydrogens (tertiary/aromatic N) is 2. The van der Waals surface area contributed by atoms with Crippen molar-refractivity contribution < 1.29 is 27.6 Å². The Bertz CT molecular complexity index is 446. The third kappa shape index (κ3) is 4.31. The van der Waals surface area contributed by atoms with Crippen LogP contribution in [0.25, 0.3) is 0 Å². The summed E-state index contributed by atoms with van der Waals surface area (Å²) in [5.74, 6) is -0.923. The van der Waals surface area contributed by atoms with Gasteiger partial charge in [-0.2, -0.15) is 13.2 Å². The van der Waals surface area contributed by atoms with Crippen LogP contribution in [-0.4, -0.2) is 72.6 Å². The van der Waals surface area contributed by atoms with Crippen molar-refractivity contribution in [3.63, 3.8) is 0 Å². The molecule has 21 heavy (non-hydrogen) atoms. The van der Waals surface area contributed by atoms with Gasteiger partial charge in [0.2, 0.25) is 5.91 Å². The average molecular weight is 308 g/mol. The van der Waals surface area contributed by atoms with E-state index in [0.717, 1.165) is 0 Å². The van der Waals surface area contributed by atoms with Crippen LogP contribution < -0.4 is 10.6 Å². The first-order chi connectivity index (χ1) is 9.74. The molecule has 0 aliphatic carbocycles. The van der Waals surface area contributed by atoms with Crippen LogP contribution in [0.15, 0.2) is 0 Å². The fraction of sp³-hybridized carbons (Fsp3) is 0.727. The summed E-state index contributed by atoms with van der Waals surface area (Å²) in [4.78, 5) is 36.8. The molecule has 2 rings (SSSR count). The molecule has 0 aromatic rings. The molecule has 0 aromatic heterocycles. The monoisotopic (exact) mass is 308 g/mol. The number of carbonyl (C=O) groups excluding carboxylic acids is 3. The van der Waals surface area contributed by atoms with Crippen molar-refractivity contribution in [1.29, 1.82) is 0 Å². The standard InChI is InChI=1S/C11H15F3N4O3/c12-11(13,14)6-17-1-3-18(4-2-17)8(19)5-7-9(20)16-10(21)15-7/h7H,1-6H2,(H2,15,16,20,21)/t7-/m1/s1. The van der Waals surface area contributed by atoms with Crippen molar-refractivity contribution in [3.05, 3.63) is 0 Å². The van der Waals surface area contributed by atoms with Crippen LogP contribution in [0.1, 0.15) is 6.42 Å². The molecule has 7 nitrogen and oxygen atoms in total. The molecule has 10 heteroatoms. The number of halogens is 3. The molecular weight excluding hydrogens is 293 g/mol. The lowest BCUT2D eigenvalue weighted by Gasteiger charge is -2.35. The van der Waals surface area contributed by atoms with Crippen LogP contribution >= 0.6 is 0 Å². The molecule has 2 saturated heterocycles. The Kier molecular flexibility index (Phi) is 4.35. The highest BCUT2D eigenvalue weighted by Gasteiger charge is 2.35. The maximum Gasteiger partial charge on any atom is 0.401 e. The lowest BCUT2D eigenvalue weighted by molar-refractivity contribution is -0.152. The van der Waals surface area contributed by atoms with Crippen LogP contribution in [0.2, 0.25) is 0 Å². The first-order valence-electron chi connectivity index (χ1n) is 6.43. The summed E-state index contributed by atoms with van der Waals surface area (Å²) in [5, 5.41) is 4.32. The van der Waals surface area contributed by atoms with E-state index in [2.05, 4.69) is 5.32 Å². The summed E-state index contributed by atoms with van der Waals surface area (Å²) in [6, 6.07) is -1.55. The molecule has 0 saturated carbocycles. The first kappa shape index (κ1) is 15.5. The third-order valence-electron chi connectivity index (χ3n) is 3.37. The smallest absolute Gasteiger partial charge is 0.340 e. The minimum atomic E-state index is -4.25. The number of nitrogens with one attached hydrogen (secondary N) is 2. The summed E-state index contributed by atoms with van der Waals surface area (Å²) < 4.78 is 36.7. The zero-order valence-corrected chi connectivity index (χ0v) is 11.1. The largest absolute Gasteiger partial charge is 0.401 e. The Hall–Kier alpha value is -1.84. The maximum absolute atomic E-state index is 12.2. The van der Waals surface area contributed by atoms with Crippen molar-refractivity contribution in [2.24, 2.45) is 0 Å². The molecule has 4 amide bonds. The van der Waals surface area contributed by atoms with Crippen molar-refractivity contribution in [2.75, 3.05) is 32.7 Å². The molecule has 2 heterocycles. The topological polar surface area (TPSA) is 81.8 Å². The van der Waals surface area contributed by atoms with E-state index < -0.39 is 30.7 Å². The van der Waals surface area contributed by atoms with Gasteiger partial charge < -0.3 is 10.2 Å². The van der Waals surface area contributed by atoms with E-state index >= 15 is 0 Å². The molecular formula is C11H15F3N4O3. The molecule has 0 bridgehead atoms. The Balaban J connectivity index is 1.78. The zero-order valence-electron chi connectivity index (χ0n) is 11.1. The van der Waals surface area contributed by atoms with Gasteiger partial charge in [-0.05, 0) is 0 Å². The molecule has 0 aromatic carbocycles. The number of hydrogen-bond donors (Lipinski definition) is 2. The lowest BCUT2D eigenvalue weighted by atomic mass is 10.1. The van der Waals surface area contributed by atoms with Crippen LogP contribution in [0.5, 0.6) is 0 Å². The third-order valence-corrected chi connectivity index (χ3v) is 3.37. The molecule has 2 N–H and O–H groups in total. The van der Waals surface area contributed by atoms with Gasteiger partial charge >= 0.3 is 12.2 Å².